The zero-order valence-corrected chi connectivity index (χ0v) is 9.50. The van der Waals surface area contributed by atoms with Crippen LogP contribution in [0.15, 0.2) is 43.0 Å². The molecule has 0 spiro atoms. The first-order valence-corrected chi connectivity index (χ1v) is 5.54. The monoisotopic (exact) mass is 215 g/mol. The molecule has 3 heteroatoms. The molecule has 0 fully saturated rings. The van der Waals surface area contributed by atoms with E-state index in [9.17, 15) is 0 Å². The van der Waals surface area contributed by atoms with Crippen LogP contribution in [0.3, 0.4) is 0 Å². The molecule has 16 heavy (non-hydrogen) atoms. The lowest BCUT2D eigenvalue weighted by Crippen LogP contribution is -2.08. The van der Waals surface area contributed by atoms with Gasteiger partial charge in [0.15, 0.2) is 0 Å². The minimum absolute atomic E-state index is 0.433. The Hall–Kier alpha value is -1.61. The molecule has 1 aromatic carbocycles. The highest BCUT2D eigenvalue weighted by molar-refractivity contribution is 5.25. The third-order valence-corrected chi connectivity index (χ3v) is 2.83. The molecule has 0 saturated heterocycles. The Bertz CT molecular complexity index is 417. The average molecular weight is 215 g/mol. The summed E-state index contributed by atoms with van der Waals surface area (Å²) in [5.41, 5.74) is 8.23. The van der Waals surface area contributed by atoms with E-state index in [1.54, 1.807) is 6.20 Å². The fourth-order valence-corrected chi connectivity index (χ4v) is 1.68. The van der Waals surface area contributed by atoms with Gasteiger partial charge in [-0.1, -0.05) is 31.2 Å². The summed E-state index contributed by atoms with van der Waals surface area (Å²) in [6.07, 6.45) is 5.59. The number of nitrogens with two attached hydrogens (primary N) is 1. The number of benzene rings is 1. The molecule has 0 bridgehead atoms. The topological polar surface area (TPSA) is 43.8 Å². The molecule has 1 aromatic heterocycles. The van der Waals surface area contributed by atoms with Crippen LogP contribution in [-0.2, 0) is 6.54 Å². The zero-order chi connectivity index (χ0) is 11.4. The molecular weight excluding hydrogens is 198 g/mol. The molecule has 0 aliphatic carbocycles. The Balaban J connectivity index is 2.07. The molecular formula is C13H17N3. The second-order valence-electron chi connectivity index (χ2n) is 4.11. The first-order chi connectivity index (χ1) is 7.79. The van der Waals surface area contributed by atoms with Crippen LogP contribution < -0.4 is 5.73 Å². The lowest BCUT2D eigenvalue weighted by Gasteiger charge is -2.09. The molecule has 2 aromatic rings. The third kappa shape index (κ3) is 2.49. The van der Waals surface area contributed by atoms with E-state index in [0.717, 1.165) is 6.54 Å². The van der Waals surface area contributed by atoms with Crippen molar-refractivity contribution in [1.29, 1.82) is 0 Å². The van der Waals surface area contributed by atoms with Crippen molar-refractivity contribution in [3.8, 4) is 0 Å². The molecule has 1 heterocycles. The van der Waals surface area contributed by atoms with Gasteiger partial charge in [-0.25, -0.2) is 4.98 Å². The van der Waals surface area contributed by atoms with Gasteiger partial charge in [-0.3, -0.25) is 0 Å². The Labute approximate surface area is 95.9 Å². The highest BCUT2D eigenvalue weighted by Gasteiger charge is 2.02. The van der Waals surface area contributed by atoms with Crippen LogP contribution in [0.4, 0.5) is 0 Å². The van der Waals surface area contributed by atoms with Crippen LogP contribution in [0.25, 0.3) is 0 Å². The minimum atomic E-state index is 0.433. The van der Waals surface area contributed by atoms with E-state index in [-0.39, 0.29) is 0 Å². The van der Waals surface area contributed by atoms with Crippen LogP contribution >= 0.6 is 0 Å². The van der Waals surface area contributed by atoms with Gasteiger partial charge in [0.05, 0.1) is 6.33 Å². The van der Waals surface area contributed by atoms with Crippen LogP contribution in [0.2, 0.25) is 0 Å². The van der Waals surface area contributed by atoms with Crippen LogP contribution in [-0.4, -0.2) is 16.1 Å². The zero-order valence-electron chi connectivity index (χ0n) is 9.50. The molecule has 1 unspecified atom stereocenters. The SMILES string of the molecule is CC(CN)c1ccc(Cn2ccnc2)cc1. The summed E-state index contributed by atoms with van der Waals surface area (Å²) in [4.78, 5) is 4.02. The summed E-state index contributed by atoms with van der Waals surface area (Å²) in [6, 6.07) is 8.62. The summed E-state index contributed by atoms with van der Waals surface area (Å²) in [5, 5.41) is 0. The van der Waals surface area contributed by atoms with E-state index in [0.29, 0.717) is 12.5 Å². The Morgan fingerprint density at radius 3 is 2.62 bits per heavy atom. The van der Waals surface area contributed by atoms with Gasteiger partial charge in [0.2, 0.25) is 0 Å². The fourth-order valence-electron chi connectivity index (χ4n) is 1.68. The molecule has 0 amide bonds. The smallest absolute Gasteiger partial charge is 0.0949 e. The first kappa shape index (κ1) is 10.9. The van der Waals surface area contributed by atoms with Crippen molar-refractivity contribution in [2.75, 3.05) is 6.54 Å². The van der Waals surface area contributed by atoms with Gasteiger partial charge in [-0.15, -0.1) is 0 Å². The van der Waals surface area contributed by atoms with Gasteiger partial charge in [-0.05, 0) is 23.6 Å². The van der Waals surface area contributed by atoms with Crippen molar-refractivity contribution in [3.63, 3.8) is 0 Å². The molecule has 2 rings (SSSR count). The number of imidazole rings is 1. The Morgan fingerprint density at radius 1 is 1.31 bits per heavy atom. The molecule has 0 saturated carbocycles. The van der Waals surface area contributed by atoms with E-state index in [1.165, 1.54) is 11.1 Å². The Morgan fingerprint density at radius 2 is 2.06 bits per heavy atom. The highest BCUT2D eigenvalue weighted by Crippen LogP contribution is 2.14. The first-order valence-electron chi connectivity index (χ1n) is 5.54. The maximum Gasteiger partial charge on any atom is 0.0949 e. The molecule has 0 radical (unpaired) electrons. The normalized spacial score (nSPS) is 12.6. The standard InChI is InChI=1S/C13H17N3/c1-11(8-14)13-4-2-12(3-5-13)9-16-7-6-15-10-16/h2-7,10-11H,8-9,14H2,1H3. The number of nitrogens with zero attached hydrogens (tertiary/aromatic N) is 2. The van der Waals surface area contributed by atoms with E-state index in [2.05, 4.69) is 40.7 Å². The quantitative estimate of drug-likeness (QED) is 0.847. The number of hydrogen-bond acceptors (Lipinski definition) is 2. The summed E-state index contributed by atoms with van der Waals surface area (Å²) in [7, 11) is 0. The van der Waals surface area contributed by atoms with Crippen molar-refractivity contribution in [1.82, 2.24) is 9.55 Å². The highest BCUT2D eigenvalue weighted by atomic mass is 15.0. The van der Waals surface area contributed by atoms with Gasteiger partial charge in [0.1, 0.15) is 0 Å². The summed E-state index contributed by atoms with van der Waals surface area (Å²) < 4.78 is 2.06. The number of aromatic nitrogens is 2. The largest absolute Gasteiger partial charge is 0.333 e. The summed E-state index contributed by atoms with van der Waals surface area (Å²) in [5.74, 6) is 0.433. The van der Waals surface area contributed by atoms with Gasteiger partial charge in [-0.2, -0.15) is 0 Å². The lowest BCUT2D eigenvalue weighted by molar-refractivity contribution is 0.768. The van der Waals surface area contributed by atoms with Crippen LogP contribution in [0.1, 0.15) is 24.0 Å². The van der Waals surface area contributed by atoms with Crippen molar-refractivity contribution in [2.24, 2.45) is 5.73 Å². The number of hydrogen-bond donors (Lipinski definition) is 1. The lowest BCUT2D eigenvalue weighted by atomic mass is 10.0. The molecule has 84 valence electrons. The van der Waals surface area contributed by atoms with Crippen LogP contribution in [0, 0.1) is 0 Å². The predicted octanol–water partition coefficient (Wildman–Crippen LogP) is 1.99. The molecule has 1 atom stereocenters. The average Bonchev–Trinajstić information content (AvgIpc) is 2.82. The summed E-state index contributed by atoms with van der Waals surface area (Å²) in [6.45, 7) is 3.71. The van der Waals surface area contributed by atoms with E-state index >= 15 is 0 Å². The van der Waals surface area contributed by atoms with Crippen molar-refractivity contribution < 1.29 is 0 Å². The Kier molecular flexibility index (Phi) is 3.37. The van der Waals surface area contributed by atoms with Crippen molar-refractivity contribution in [2.45, 2.75) is 19.4 Å². The van der Waals surface area contributed by atoms with Gasteiger partial charge in [0.25, 0.3) is 0 Å². The fraction of sp³-hybridized carbons (Fsp3) is 0.308. The van der Waals surface area contributed by atoms with E-state index in [1.807, 2.05) is 12.5 Å². The van der Waals surface area contributed by atoms with E-state index in [4.69, 9.17) is 5.73 Å². The maximum absolute atomic E-state index is 5.64. The van der Waals surface area contributed by atoms with E-state index < -0.39 is 0 Å². The molecule has 0 aliphatic rings. The van der Waals surface area contributed by atoms with Gasteiger partial charge in [0, 0.05) is 18.9 Å². The molecule has 0 aliphatic heterocycles. The van der Waals surface area contributed by atoms with Crippen molar-refractivity contribution in [3.05, 3.63) is 54.1 Å². The minimum Gasteiger partial charge on any atom is -0.333 e. The molecule has 3 nitrogen and oxygen atoms in total. The van der Waals surface area contributed by atoms with Gasteiger partial charge < -0.3 is 10.3 Å². The maximum atomic E-state index is 5.64. The second-order valence-corrected chi connectivity index (χ2v) is 4.11. The van der Waals surface area contributed by atoms with Crippen molar-refractivity contribution >= 4 is 0 Å². The third-order valence-electron chi connectivity index (χ3n) is 2.83. The number of rotatable bonds is 4. The van der Waals surface area contributed by atoms with Crippen LogP contribution in [0.5, 0.6) is 0 Å². The molecule has 2 N–H and O–H groups in total. The van der Waals surface area contributed by atoms with Gasteiger partial charge >= 0.3 is 0 Å². The second kappa shape index (κ2) is 4.94. The summed E-state index contributed by atoms with van der Waals surface area (Å²) >= 11 is 0. The predicted molar refractivity (Wildman–Crippen MR) is 65.2 cm³/mol.